The molecule has 0 saturated carbocycles. The molecule has 158 valence electrons. The summed E-state index contributed by atoms with van der Waals surface area (Å²) in [6.45, 7) is 5.73. The van der Waals surface area contributed by atoms with Gasteiger partial charge in [0.25, 0.3) is 0 Å². The van der Waals surface area contributed by atoms with Gasteiger partial charge in [-0.2, -0.15) is 0 Å². The molecule has 4 heterocycles. The second-order valence-corrected chi connectivity index (χ2v) is 8.47. The van der Waals surface area contributed by atoms with Gasteiger partial charge in [0.15, 0.2) is 0 Å². The summed E-state index contributed by atoms with van der Waals surface area (Å²) in [5, 5.41) is 6.61. The van der Waals surface area contributed by atoms with E-state index >= 15 is 0 Å². The maximum Gasteiger partial charge on any atom is 0.237 e. The first-order chi connectivity index (χ1) is 14.1. The summed E-state index contributed by atoms with van der Waals surface area (Å²) in [5.74, 6) is 0.365. The molecular weight excluding hydrogens is 368 g/mol. The number of pyridine rings is 1. The first-order valence-electron chi connectivity index (χ1n) is 10.7. The van der Waals surface area contributed by atoms with Gasteiger partial charge in [-0.3, -0.25) is 19.5 Å². The van der Waals surface area contributed by atoms with E-state index < -0.39 is 0 Å². The quantitative estimate of drug-likeness (QED) is 0.681. The number of hydrogen-bond donors (Lipinski definition) is 2. The largest absolute Gasteiger partial charge is 0.353 e. The smallest absolute Gasteiger partial charge is 0.237 e. The molecule has 3 saturated heterocycles. The molecule has 8 nitrogen and oxygen atoms in total. The van der Waals surface area contributed by atoms with Crippen LogP contribution in [-0.4, -0.2) is 95.9 Å². The Balaban J connectivity index is 1.28. The SMILES string of the molecule is CN1CCN(C(=O)CCC2CNC(=O)C3CC(NCc4ccccn4)CN23)CC1. The Morgan fingerprint density at radius 1 is 1.28 bits per heavy atom. The van der Waals surface area contributed by atoms with Gasteiger partial charge in [-0.15, -0.1) is 0 Å². The highest BCUT2D eigenvalue weighted by molar-refractivity contribution is 5.83. The minimum atomic E-state index is -0.0891. The van der Waals surface area contributed by atoms with E-state index in [2.05, 4.69) is 32.5 Å². The summed E-state index contributed by atoms with van der Waals surface area (Å²) in [5.41, 5.74) is 1.01. The highest BCUT2D eigenvalue weighted by atomic mass is 16.2. The Bertz CT molecular complexity index is 706. The normalized spacial score (nSPS) is 28.2. The van der Waals surface area contributed by atoms with Crippen LogP contribution in [0, 0.1) is 0 Å². The third-order valence-electron chi connectivity index (χ3n) is 6.47. The van der Waals surface area contributed by atoms with Gasteiger partial charge in [0, 0.05) is 70.5 Å². The van der Waals surface area contributed by atoms with E-state index in [0.717, 1.165) is 51.3 Å². The summed E-state index contributed by atoms with van der Waals surface area (Å²) >= 11 is 0. The van der Waals surface area contributed by atoms with Crippen molar-refractivity contribution < 1.29 is 9.59 Å². The number of aromatic nitrogens is 1. The van der Waals surface area contributed by atoms with Crippen molar-refractivity contribution in [2.24, 2.45) is 0 Å². The minimum absolute atomic E-state index is 0.0891. The van der Waals surface area contributed by atoms with Crippen LogP contribution in [0.25, 0.3) is 0 Å². The third kappa shape index (κ3) is 4.94. The Morgan fingerprint density at radius 3 is 2.86 bits per heavy atom. The number of fused-ring (bicyclic) bond motifs is 1. The molecule has 3 unspecified atom stereocenters. The van der Waals surface area contributed by atoms with Gasteiger partial charge in [-0.25, -0.2) is 0 Å². The van der Waals surface area contributed by atoms with E-state index in [4.69, 9.17) is 0 Å². The van der Waals surface area contributed by atoms with Crippen molar-refractivity contribution in [1.29, 1.82) is 0 Å². The molecule has 8 heteroatoms. The number of rotatable bonds is 6. The van der Waals surface area contributed by atoms with Crippen molar-refractivity contribution in [3.05, 3.63) is 30.1 Å². The molecule has 0 aromatic carbocycles. The molecule has 3 atom stereocenters. The van der Waals surface area contributed by atoms with Crippen LogP contribution in [0.2, 0.25) is 0 Å². The fourth-order valence-corrected chi connectivity index (χ4v) is 4.65. The van der Waals surface area contributed by atoms with Crippen LogP contribution in [0.3, 0.4) is 0 Å². The van der Waals surface area contributed by atoms with Gasteiger partial charge in [-0.1, -0.05) is 6.07 Å². The number of piperazine rings is 2. The van der Waals surface area contributed by atoms with Crippen molar-refractivity contribution in [3.8, 4) is 0 Å². The zero-order valence-corrected chi connectivity index (χ0v) is 17.2. The van der Waals surface area contributed by atoms with Crippen LogP contribution in [0.15, 0.2) is 24.4 Å². The van der Waals surface area contributed by atoms with E-state index in [1.807, 2.05) is 23.1 Å². The van der Waals surface area contributed by atoms with E-state index in [1.54, 1.807) is 6.20 Å². The maximum atomic E-state index is 12.6. The number of amides is 2. The predicted molar refractivity (Wildman–Crippen MR) is 110 cm³/mol. The lowest BCUT2D eigenvalue weighted by Crippen LogP contribution is -2.58. The molecule has 0 aliphatic carbocycles. The lowest BCUT2D eigenvalue weighted by Gasteiger charge is -2.38. The molecule has 0 radical (unpaired) electrons. The van der Waals surface area contributed by atoms with E-state index in [0.29, 0.717) is 19.5 Å². The van der Waals surface area contributed by atoms with Crippen LogP contribution in [0.4, 0.5) is 0 Å². The van der Waals surface area contributed by atoms with Crippen LogP contribution in [0.1, 0.15) is 25.0 Å². The topological polar surface area (TPSA) is 80.8 Å². The molecule has 2 N–H and O–H groups in total. The highest BCUT2D eigenvalue weighted by Gasteiger charge is 2.43. The third-order valence-corrected chi connectivity index (χ3v) is 6.47. The fraction of sp³-hybridized carbons (Fsp3) is 0.667. The van der Waals surface area contributed by atoms with Crippen molar-refractivity contribution >= 4 is 11.8 Å². The van der Waals surface area contributed by atoms with Gasteiger partial charge in [0.05, 0.1) is 11.7 Å². The van der Waals surface area contributed by atoms with Gasteiger partial charge < -0.3 is 20.4 Å². The van der Waals surface area contributed by atoms with E-state index in [1.165, 1.54) is 0 Å². The first-order valence-corrected chi connectivity index (χ1v) is 10.7. The number of nitrogens with one attached hydrogen (secondary N) is 2. The first kappa shape index (κ1) is 20.3. The average molecular weight is 401 g/mol. The summed E-state index contributed by atoms with van der Waals surface area (Å²) in [6.07, 6.45) is 3.96. The molecule has 0 bridgehead atoms. The number of carbonyl (C=O) groups is 2. The summed E-state index contributed by atoms with van der Waals surface area (Å²) in [4.78, 5) is 35.9. The number of nitrogens with zero attached hydrogens (tertiary/aromatic N) is 4. The van der Waals surface area contributed by atoms with Gasteiger partial charge >= 0.3 is 0 Å². The zero-order valence-electron chi connectivity index (χ0n) is 17.2. The Hall–Kier alpha value is -2.03. The van der Waals surface area contributed by atoms with Crippen LogP contribution >= 0.6 is 0 Å². The van der Waals surface area contributed by atoms with Crippen molar-refractivity contribution in [3.63, 3.8) is 0 Å². The maximum absolute atomic E-state index is 12.6. The molecule has 1 aromatic heterocycles. The number of likely N-dealkylation sites (N-methyl/N-ethyl adjacent to an activating group) is 1. The van der Waals surface area contributed by atoms with Gasteiger partial charge in [-0.05, 0) is 32.0 Å². The lowest BCUT2D eigenvalue weighted by molar-refractivity contribution is -0.133. The number of hydrogen-bond acceptors (Lipinski definition) is 6. The Kier molecular flexibility index (Phi) is 6.42. The molecule has 1 aromatic rings. The van der Waals surface area contributed by atoms with Crippen LogP contribution in [0.5, 0.6) is 0 Å². The molecule has 4 rings (SSSR count). The van der Waals surface area contributed by atoms with Gasteiger partial charge in [0.1, 0.15) is 0 Å². The second-order valence-electron chi connectivity index (χ2n) is 8.47. The molecule has 3 fully saturated rings. The van der Waals surface area contributed by atoms with E-state index in [-0.39, 0.29) is 29.9 Å². The van der Waals surface area contributed by atoms with Crippen molar-refractivity contribution in [1.82, 2.24) is 30.3 Å². The van der Waals surface area contributed by atoms with E-state index in [9.17, 15) is 9.59 Å². The monoisotopic (exact) mass is 400 g/mol. The van der Waals surface area contributed by atoms with Crippen molar-refractivity contribution in [2.75, 3.05) is 46.3 Å². The highest BCUT2D eigenvalue weighted by Crippen LogP contribution is 2.26. The fourth-order valence-electron chi connectivity index (χ4n) is 4.65. The summed E-state index contributed by atoms with van der Waals surface area (Å²) in [7, 11) is 2.10. The summed E-state index contributed by atoms with van der Waals surface area (Å²) in [6, 6.07) is 6.32. The van der Waals surface area contributed by atoms with Crippen molar-refractivity contribution in [2.45, 2.75) is 43.9 Å². The number of carbonyl (C=O) groups excluding carboxylic acids is 2. The second kappa shape index (κ2) is 9.19. The molecule has 3 aliphatic heterocycles. The standard InChI is InChI=1S/C21H32N6O2/c1-25-8-10-26(11-9-25)20(28)6-5-18-14-24-21(29)19-12-17(15-27(18)19)23-13-16-4-2-3-7-22-16/h2-4,7,17-19,23H,5-6,8-15H2,1H3,(H,24,29). The van der Waals surface area contributed by atoms with Gasteiger partial charge in [0.2, 0.25) is 11.8 Å². The summed E-state index contributed by atoms with van der Waals surface area (Å²) < 4.78 is 0. The molecular formula is C21H32N6O2. The lowest BCUT2D eigenvalue weighted by atomic mass is 10.0. The van der Waals surface area contributed by atoms with Crippen LogP contribution < -0.4 is 10.6 Å². The molecule has 3 aliphatic rings. The molecule has 29 heavy (non-hydrogen) atoms. The zero-order chi connectivity index (χ0) is 20.2. The molecule has 0 spiro atoms. The Morgan fingerprint density at radius 2 is 2.10 bits per heavy atom. The molecule has 2 amide bonds. The average Bonchev–Trinajstić information content (AvgIpc) is 3.18. The predicted octanol–water partition coefficient (Wildman–Crippen LogP) is -0.333. The Labute approximate surface area is 172 Å². The van der Waals surface area contributed by atoms with Crippen LogP contribution in [-0.2, 0) is 16.1 Å². The minimum Gasteiger partial charge on any atom is -0.353 e.